The fraction of sp³-hybridized carbons (Fsp3) is 0.367. The number of aryl methyl sites for hydroxylation is 2. The normalized spacial score (nSPS) is 11.9. The van der Waals surface area contributed by atoms with E-state index in [1.807, 2.05) is 35.6 Å². The number of rotatable bonds is 17. The number of anilines is 1. The Morgan fingerprint density at radius 1 is 1.00 bits per heavy atom. The van der Waals surface area contributed by atoms with Gasteiger partial charge in [-0.15, -0.1) is 6.42 Å². The number of carbonyl (C=O) groups is 1. The second kappa shape index (κ2) is 15.7. The van der Waals surface area contributed by atoms with Crippen LogP contribution >= 0.6 is 15.6 Å². The summed E-state index contributed by atoms with van der Waals surface area (Å²) < 4.78 is 40.6. The largest absolute Gasteiger partial charge is 0.524 e. The molecule has 47 heavy (non-hydrogen) atoms. The van der Waals surface area contributed by atoms with Crippen molar-refractivity contribution < 1.29 is 47.3 Å². The minimum Gasteiger partial charge on any atom is -0.404 e. The first-order valence-electron chi connectivity index (χ1n) is 14.8. The molecule has 0 bridgehead atoms. The van der Waals surface area contributed by atoms with Crippen molar-refractivity contribution in [3.8, 4) is 23.8 Å². The molecule has 0 spiro atoms. The molecule has 17 heteroatoms. The van der Waals surface area contributed by atoms with Crippen LogP contribution in [0.25, 0.3) is 21.9 Å². The van der Waals surface area contributed by atoms with Gasteiger partial charge in [0.1, 0.15) is 22.8 Å². The number of pyridine rings is 1. The van der Waals surface area contributed by atoms with Crippen LogP contribution in [-0.4, -0.2) is 59.8 Å². The van der Waals surface area contributed by atoms with Gasteiger partial charge in [-0.05, 0) is 67.5 Å². The standard InChI is InChI=1S/C30H37N5O10P2/c1-3-5-9-26-34-28-29(35(26)19-21-18-22(44-46(37,38)39)11-13-25(21)45-47(40,41)42)23-17-20(10-12-24(23)33-30(28)31)8-6-15-43-16-7-14-32-27(36)4-2/h2,10-13,17-18H,3,5-9,14-16,19H2,1H3,(H2,31,33)(H,32,36)(H2,37,38,39)(H2,40,41,42). The fourth-order valence-corrected chi connectivity index (χ4v) is 5.85. The van der Waals surface area contributed by atoms with E-state index < -0.39 is 21.6 Å². The second-order valence-electron chi connectivity index (χ2n) is 10.7. The number of amides is 1. The van der Waals surface area contributed by atoms with Crippen molar-refractivity contribution in [3.63, 3.8) is 0 Å². The van der Waals surface area contributed by atoms with E-state index in [-0.39, 0.29) is 29.4 Å². The van der Waals surface area contributed by atoms with E-state index in [0.29, 0.717) is 61.4 Å². The van der Waals surface area contributed by atoms with E-state index in [9.17, 15) is 33.5 Å². The molecule has 15 nitrogen and oxygen atoms in total. The predicted octanol–water partition coefficient (Wildman–Crippen LogP) is 3.59. The summed E-state index contributed by atoms with van der Waals surface area (Å²) in [5.41, 5.74) is 9.23. The molecular formula is C30H37N5O10P2. The number of imidazole rings is 1. The molecular weight excluding hydrogens is 652 g/mol. The average Bonchev–Trinajstić information content (AvgIpc) is 3.36. The van der Waals surface area contributed by atoms with Gasteiger partial charge in [0.05, 0.1) is 17.6 Å². The lowest BCUT2D eigenvalue weighted by atomic mass is 10.1. The third-order valence-corrected chi connectivity index (χ3v) is 7.92. The van der Waals surface area contributed by atoms with E-state index in [4.69, 9.17) is 30.9 Å². The minimum atomic E-state index is -5.00. The number of hydrogen-bond donors (Lipinski definition) is 6. The average molecular weight is 690 g/mol. The third-order valence-electron chi connectivity index (χ3n) is 7.04. The van der Waals surface area contributed by atoms with Gasteiger partial charge >= 0.3 is 15.6 Å². The molecule has 0 saturated heterocycles. The smallest absolute Gasteiger partial charge is 0.404 e. The summed E-state index contributed by atoms with van der Waals surface area (Å²) in [6, 6.07) is 9.36. The summed E-state index contributed by atoms with van der Waals surface area (Å²) in [6.45, 7) is 3.38. The first-order valence-corrected chi connectivity index (χ1v) is 17.9. The summed E-state index contributed by atoms with van der Waals surface area (Å²) in [4.78, 5) is 58.3. The number of fused-ring (bicyclic) bond motifs is 3. The zero-order chi connectivity index (χ0) is 34.2. The summed E-state index contributed by atoms with van der Waals surface area (Å²) in [5, 5.41) is 3.33. The number of aromatic nitrogens is 3. The summed E-state index contributed by atoms with van der Waals surface area (Å²) in [7, 11) is -9.94. The van der Waals surface area contributed by atoms with E-state index in [0.717, 1.165) is 36.3 Å². The van der Waals surface area contributed by atoms with E-state index in [1.165, 1.54) is 12.1 Å². The Hall–Kier alpha value is -3.99. The van der Waals surface area contributed by atoms with Crippen molar-refractivity contribution in [1.82, 2.24) is 19.9 Å². The zero-order valence-corrected chi connectivity index (χ0v) is 27.5. The van der Waals surface area contributed by atoms with Gasteiger partial charge in [0, 0.05) is 37.1 Å². The highest BCUT2D eigenvalue weighted by Crippen LogP contribution is 2.43. The molecule has 0 aliphatic heterocycles. The van der Waals surface area contributed by atoms with Crippen LogP contribution < -0.4 is 20.1 Å². The Morgan fingerprint density at radius 2 is 1.74 bits per heavy atom. The molecule has 0 aliphatic rings. The van der Waals surface area contributed by atoms with Crippen LogP contribution in [0.4, 0.5) is 5.82 Å². The van der Waals surface area contributed by atoms with Crippen molar-refractivity contribution in [2.75, 3.05) is 25.5 Å². The number of nitrogen functional groups attached to an aromatic ring is 1. The van der Waals surface area contributed by atoms with Crippen LogP contribution in [0, 0.1) is 12.3 Å². The van der Waals surface area contributed by atoms with Gasteiger partial charge in [0.25, 0.3) is 5.91 Å². The molecule has 0 unspecified atom stereocenters. The van der Waals surface area contributed by atoms with Crippen LogP contribution in [0.15, 0.2) is 36.4 Å². The Bertz CT molecular complexity index is 1880. The van der Waals surface area contributed by atoms with Crippen molar-refractivity contribution in [3.05, 3.63) is 53.3 Å². The highest BCUT2D eigenvalue weighted by atomic mass is 31.2. The van der Waals surface area contributed by atoms with Gasteiger partial charge in [-0.1, -0.05) is 19.4 Å². The summed E-state index contributed by atoms with van der Waals surface area (Å²) >= 11 is 0. The van der Waals surface area contributed by atoms with Crippen LogP contribution in [0.5, 0.6) is 11.5 Å². The molecule has 0 fully saturated rings. The number of nitrogens with two attached hydrogens (primary N) is 1. The Balaban J connectivity index is 1.69. The number of unbranched alkanes of at least 4 members (excludes halogenated alkanes) is 1. The number of phosphoric ester groups is 2. The molecule has 0 saturated carbocycles. The first-order chi connectivity index (χ1) is 22.3. The predicted molar refractivity (Wildman–Crippen MR) is 175 cm³/mol. The molecule has 4 rings (SSSR count). The summed E-state index contributed by atoms with van der Waals surface area (Å²) in [6.07, 6.45) is 9.26. The second-order valence-corrected chi connectivity index (χ2v) is 13.0. The number of benzene rings is 2. The van der Waals surface area contributed by atoms with Crippen LogP contribution in [0.1, 0.15) is 49.6 Å². The minimum absolute atomic E-state index is 0.0539. The number of nitrogens with one attached hydrogen (secondary N) is 1. The molecule has 2 aromatic heterocycles. The van der Waals surface area contributed by atoms with Crippen LogP contribution in [-0.2, 0) is 38.0 Å². The van der Waals surface area contributed by atoms with Gasteiger partial charge in [0.15, 0.2) is 5.82 Å². The number of hydrogen-bond acceptors (Lipinski definition) is 9. The van der Waals surface area contributed by atoms with Gasteiger partial charge in [-0.25, -0.2) is 19.1 Å². The number of phosphoric acid groups is 2. The van der Waals surface area contributed by atoms with Crippen molar-refractivity contribution in [1.29, 1.82) is 0 Å². The Morgan fingerprint density at radius 3 is 2.45 bits per heavy atom. The lowest BCUT2D eigenvalue weighted by Gasteiger charge is -2.17. The van der Waals surface area contributed by atoms with Crippen molar-refractivity contribution >= 4 is 49.3 Å². The van der Waals surface area contributed by atoms with Crippen molar-refractivity contribution in [2.45, 2.75) is 52.0 Å². The van der Waals surface area contributed by atoms with Gasteiger partial charge in [0.2, 0.25) is 0 Å². The fourth-order valence-electron chi connectivity index (χ4n) is 5.02. The Kier molecular flexibility index (Phi) is 12.0. The molecule has 0 atom stereocenters. The van der Waals surface area contributed by atoms with Crippen LogP contribution in [0.2, 0.25) is 0 Å². The number of carbonyl (C=O) groups excluding carboxylic acids is 1. The lowest BCUT2D eigenvalue weighted by molar-refractivity contribution is -0.115. The molecule has 2 aromatic carbocycles. The van der Waals surface area contributed by atoms with Gasteiger partial charge < -0.3 is 29.4 Å². The maximum absolute atomic E-state index is 11.8. The first kappa shape index (κ1) is 35.9. The van der Waals surface area contributed by atoms with Gasteiger partial charge in [-0.2, -0.15) is 0 Å². The third kappa shape index (κ3) is 10.2. The summed E-state index contributed by atoms with van der Waals surface area (Å²) in [5.74, 6) is 1.94. The number of terminal acetylenes is 1. The van der Waals surface area contributed by atoms with E-state index in [1.54, 1.807) is 0 Å². The van der Waals surface area contributed by atoms with Crippen molar-refractivity contribution in [2.24, 2.45) is 0 Å². The molecule has 0 radical (unpaired) electrons. The number of nitrogens with zero attached hydrogens (tertiary/aromatic N) is 3. The SMILES string of the molecule is C#CC(=O)NCCCOCCCc1ccc2nc(N)c3nc(CCCC)n(Cc4cc(OP(=O)(O)O)ccc4OP(=O)(O)O)c3c2c1. The highest BCUT2D eigenvalue weighted by molar-refractivity contribution is 7.47. The Labute approximate surface area is 270 Å². The van der Waals surface area contributed by atoms with E-state index >= 15 is 0 Å². The molecule has 252 valence electrons. The number of ether oxygens (including phenoxy) is 1. The highest BCUT2D eigenvalue weighted by Gasteiger charge is 2.24. The van der Waals surface area contributed by atoms with E-state index in [2.05, 4.69) is 10.3 Å². The molecule has 2 heterocycles. The van der Waals surface area contributed by atoms with Gasteiger partial charge in [-0.3, -0.25) is 24.4 Å². The lowest BCUT2D eigenvalue weighted by Crippen LogP contribution is -2.23. The molecule has 1 amide bonds. The monoisotopic (exact) mass is 689 g/mol. The maximum atomic E-state index is 11.8. The molecule has 7 N–H and O–H groups in total. The quantitative estimate of drug-likeness (QED) is 0.0530. The maximum Gasteiger partial charge on any atom is 0.524 e. The van der Waals surface area contributed by atoms with Crippen LogP contribution in [0.3, 0.4) is 0 Å². The molecule has 0 aliphatic carbocycles. The zero-order valence-electron chi connectivity index (χ0n) is 25.7. The topological polar surface area (TPSA) is 229 Å². The molecule has 4 aromatic rings.